The van der Waals surface area contributed by atoms with E-state index in [4.69, 9.17) is 14.4 Å². The molecule has 1 aliphatic heterocycles. The van der Waals surface area contributed by atoms with Crippen LogP contribution in [0.5, 0.6) is 0 Å². The van der Waals surface area contributed by atoms with Gasteiger partial charge in [0, 0.05) is 13.2 Å². The summed E-state index contributed by atoms with van der Waals surface area (Å²) in [7, 11) is -3.67. The van der Waals surface area contributed by atoms with Gasteiger partial charge in [0.25, 0.3) is 10.1 Å². The van der Waals surface area contributed by atoms with Crippen molar-refractivity contribution in [2.75, 3.05) is 19.5 Å². The number of aliphatic hydroxyl groups excluding tert-OH is 1. The SMILES string of the molecule is CS(=O)(=O)O.OC1CCOCC1. The van der Waals surface area contributed by atoms with Crippen LogP contribution in [0.1, 0.15) is 12.8 Å². The largest absolute Gasteiger partial charge is 0.393 e. The molecule has 0 bridgehead atoms. The van der Waals surface area contributed by atoms with Crippen LogP contribution in [0.3, 0.4) is 0 Å². The summed E-state index contributed by atoms with van der Waals surface area (Å²) in [4.78, 5) is 0. The van der Waals surface area contributed by atoms with Gasteiger partial charge in [0.2, 0.25) is 0 Å². The lowest BCUT2D eigenvalue weighted by molar-refractivity contribution is 0.0140. The Balaban J connectivity index is 0.000000217. The summed E-state index contributed by atoms with van der Waals surface area (Å²) in [6, 6.07) is 0. The molecule has 0 aromatic carbocycles. The molecule has 0 unspecified atom stereocenters. The van der Waals surface area contributed by atoms with Crippen LogP contribution in [0.4, 0.5) is 0 Å². The predicted octanol–water partition coefficient (Wildman–Crippen LogP) is -0.338. The maximum atomic E-state index is 9.19. The summed E-state index contributed by atoms with van der Waals surface area (Å²) in [5.74, 6) is 0. The van der Waals surface area contributed by atoms with Crippen LogP contribution in [0.15, 0.2) is 0 Å². The minimum atomic E-state index is -3.67. The Bertz CT molecular complexity index is 184. The normalized spacial score (nSPS) is 19.6. The van der Waals surface area contributed by atoms with Gasteiger partial charge in [-0.3, -0.25) is 4.55 Å². The van der Waals surface area contributed by atoms with Crippen molar-refractivity contribution in [3.05, 3.63) is 0 Å². The molecule has 2 N–H and O–H groups in total. The van der Waals surface area contributed by atoms with Crippen LogP contribution in [0.25, 0.3) is 0 Å². The third-order valence-corrected chi connectivity index (χ3v) is 1.19. The fraction of sp³-hybridized carbons (Fsp3) is 1.00. The molecule has 1 aliphatic rings. The van der Waals surface area contributed by atoms with Crippen molar-refractivity contribution >= 4 is 10.1 Å². The zero-order valence-electron chi connectivity index (χ0n) is 6.93. The highest BCUT2D eigenvalue weighted by Gasteiger charge is 2.07. The van der Waals surface area contributed by atoms with Gasteiger partial charge in [-0.15, -0.1) is 0 Å². The third kappa shape index (κ3) is 12.5. The molecule has 1 heterocycles. The molecule has 0 aromatic heterocycles. The zero-order chi connectivity index (χ0) is 9.61. The van der Waals surface area contributed by atoms with E-state index in [9.17, 15) is 8.42 Å². The minimum Gasteiger partial charge on any atom is -0.393 e. The fourth-order valence-corrected chi connectivity index (χ4v) is 0.685. The van der Waals surface area contributed by atoms with Crippen LogP contribution >= 0.6 is 0 Å². The van der Waals surface area contributed by atoms with E-state index in [-0.39, 0.29) is 6.10 Å². The molecule has 0 atom stereocenters. The first-order valence-corrected chi connectivity index (χ1v) is 5.42. The summed E-state index contributed by atoms with van der Waals surface area (Å²) in [6.45, 7) is 1.47. The molecule has 0 radical (unpaired) electrons. The van der Waals surface area contributed by atoms with Crippen LogP contribution in [-0.4, -0.2) is 43.7 Å². The molecule has 0 spiro atoms. The second-order valence-corrected chi connectivity index (χ2v) is 4.04. The first-order chi connectivity index (χ1) is 5.39. The molecule has 1 saturated heterocycles. The average molecular weight is 198 g/mol. The van der Waals surface area contributed by atoms with E-state index in [1.54, 1.807) is 0 Å². The zero-order valence-corrected chi connectivity index (χ0v) is 7.75. The lowest BCUT2D eigenvalue weighted by Gasteiger charge is -2.15. The molecule has 0 saturated carbocycles. The van der Waals surface area contributed by atoms with E-state index in [0.717, 1.165) is 26.1 Å². The van der Waals surface area contributed by atoms with Gasteiger partial charge in [0.15, 0.2) is 0 Å². The van der Waals surface area contributed by atoms with Gasteiger partial charge >= 0.3 is 0 Å². The van der Waals surface area contributed by atoms with Gasteiger partial charge < -0.3 is 9.84 Å². The van der Waals surface area contributed by atoms with E-state index < -0.39 is 10.1 Å². The number of hydrogen-bond donors (Lipinski definition) is 2. The van der Waals surface area contributed by atoms with Crippen molar-refractivity contribution < 1.29 is 22.8 Å². The van der Waals surface area contributed by atoms with Crippen LogP contribution < -0.4 is 0 Å². The maximum Gasteiger partial charge on any atom is 0.261 e. The van der Waals surface area contributed by atoms with Crippen molar-refractivity contribution in [1.82, 2.24) is 0 Å². The molecule has 0 aromatic rings. The Hall–Kier alpha value is -0.170. The summed E-state index contributed by atoms with van der Waals surface area (Å²) in [6.07, 6.45) is 2.27. The van der Waals surface area contributed by atoms with Crippen molar-refractivity contribution in [3.8, 4) is 0 Å². The highest BCUT2D eigenvalue weighted by molar-refractivity contribution is 7.85. The highest BCUT2D eigenvalue weighted by atomic mass is 32.2. The first kappa shape index (κ1) is 11.8. The van der Waals surface area contributed by atoms with Crippen LogP contribution in [0, 0.1) is 0 Å². The topological polar surface area (TPSA) is 83.8 Å². The molecule has 12 heavy (non-hydrogen) atoms. The lowest BCUT2D eigenvalue weighted by atomic mass is 10.2. The molecule has 1 rings (SSSR count). The second kappa shape index (κ2) is 5.47. The molecule has 6 heteroatoms. The Morgan fingerprint density at radius 3 is 1.83 bits per heavy atom. The number of rotatable bonds is 0. The molecular weight excluding hydrogens is 184 g/mol. The number of hydrogen-bond acceptors (Lipinski definition) is 4. The Morgan fingerprint density at radius 1 is 1.33 bits per heavy atom. The van der Waals surface area contributed by atoms with Gasteiger partial charge in [-0.25, -0.2) is 0 Å². The smallest absolute Gasteiger partial charge is 0.261 e. The lowest BCUT2D eigenvalue weighted by Crippen LogP contribution is -2.19. The maximum absolute atomic E-state index is 9.19. The van der Waals surface area contributed by atoms with Crippen LogP contribution in [-0.2, 0) is 14.9 Å². The van der Waals surface area contributed by atoms with E-state index in [0.29, 0.717) is 6.26 Å². The van der Waals surface area contributed by atoms with E-state index in [1.807, 2.05) is 0 Å². The quantitative estimate of drug-likeness (QED) is 0.520. The minimum absolute atomic E-state index is 0.0891. The van der Waals surface area contributed by atoms with Gasteiger partial charge in [-0.1, -0.05) is 0 Å². The number of ether oxygens (including phenoxy) is 1. The van der Waals surface area contributed by atoms with Gasteiger partial charge in [-0.05, 0) is 12.8 Å². The Kier molecular flexibility index (Phi) is 5.39. The summed E-state index contributed by atoms with van der Waals surface area (Å²) >= 11 is 0. The van der Waals surface area contributed by atoms with Gasteiger partial charge in [0.05, 0.1) is 12.4 Å². The van der Waals surface area contributed by atoms with E-state index >= 15 is 0 Å². The van der Waals surface area contributed by atoms with Crippen molar-refractivity contribution in [2.24, 2.45) is 0 Å². The highest BCUT2D eigenvalue weighted by Crippen LogP contribution is 2.04. The predicted molar refractivity (Wildman–Crippen MR) is 43.5 cm³/mol. The monoisotopic (exact) mass is 198 g/mol. The molecule has 1 fully saturated rings. The van der Waals surface area contributed by atoms with Crippen molar-refractivity contribution in [3.63, 3.8) is 0 Å². The Morgan fingerprint density at radius 2 is 1.67 bits per heavy atom. The molecular formula is C6H14O5S. The van der Waals surface area contributed by atoms with Crippen molar-refractivity contribution in [2.45, 2.75) is 18.9 Å². The van der Waals surface area contributed by atoms with E-state index in [2.05, 4.69) is 0 Å². The second-order valence-electron chi connectivity index (χ2n) is 2.58. The standard InChI is InChI=1S/C5H10O2.CH4O3S/c6-5-1-3-7-4-2-5;1-5(2,3)4/h5-6H,1-4H2;1H3,(H,2,3,4). The fourth-order valence-electron chi connectivity index (χ4n) is 0.685. The third-order valence-electron chi connectivity index (χ3n) is 1.19. The summed E-state index contributed by atoms with van der Waals surface area (Å²) in [5.41, 5.74) is 0. The summed E-state index contributed by atoms with van der Waals surface area (Å²) in [5, 5.41) is 8.83. The van der Waals surface area contributed by atoms with E-state index in [1.165, 1.54) is 0 Å². The Labute approximate surface area is 72.1 Å². The summed E-state index contributed by atoms with van der Waals surface area (Å²) < 4.78 is 30.8. The van der Waals surface area contributed by atoms with Gasteiger partial charge in [0.1, 0.15) is 0 Å². The molecule has 0 aliphatic carbocycles. The van der Waals surface area contributed by atoms with Gasteiger partial charge in [-0.2, -0.15) is 8.42 Å². The number of aliphatic hydroxyl groups is 1. The molecule has 74 valence electrons. The van der Waals surface area contributed by atoms with Crippen LogP contribution in [0.2, 0.25) is 0 Å². The average Bonchev–Trinajstić information content (AvgIpc) is 1.85. The van der Waals surface area contributed by atoms with Crippen molar-refractivity contribution in [1.29, 1.82) is 0 Å². The first-order valence-electron chi connectivity index (χ1n) is 3.58. The molecule has 5 nitrogen and oxygen atoms in total. The molecule has 0 amide bonds.